The molecular formula is C10H12O3. The summed E-state index contributed by atoms with van der Waals surface area (Å²) in [6, 6.07) is 3.66. The smallest absolute Gasteiger partial charge is 0.126 e. The molecule has 1 aromatic carbocycles. The molecule has 1 aliphatic rings. The second-order valence-electron chi connectivity index (χ2n) is 3.12. The van der Waals surface area contributed by atoms with Crippen LogP contribution in [0.3, 0.4) is 0 Å². The lowest BCUT2D eigenvalue weighted by Crippen LogP contribution is -1.89. The van der Waals surface area contributed by atoms with E-state index in [0.717, 1.165) is 23.3 Å². The molecule has 3 heteroatoms. The van der Waals surface area contributed by atoms with Crippen molar-refractivity contribution in [3.05, 3.63) is 23.3 Å². The first-order valence-electron chi connectivity index (χ1n) is 4.28. The maximum absolute atomic E-state index is 9.60. The van der Waals surface area contributed by atoms with E-state index >= 15 is 0 Å². The van der Waals surface area contributed by atoms with Crippen molar-refractivity contribution < 1.29 is 14.6 Å². The van der Waals surface area contributed by atoms with Crippen LogP contribution in [-0.4, -0.2) is 18.8 Å². The highest BCUT2D eigenvalue weighted by molar-refractivity contribution is 5.49. The molecule has 1 heterocycles. The van der Waals surface area contributed by atoms with Crippen LogP contribution in [0.1, 0.15) is 11.1 Å². The van der Waals surface area contributed by atoms with Crippen molar-refractivity contribution in [2.24, 2.45) is 0 Å². The first kappa shape index (κ1) is 8.38. The molecule has 0 spiro atoms. The summed E-state index contributed by atoms with van der Waals surface area (Å²) in [7, 11) is 1.63. The van der Waals surface area contributed by atoms with Gasteiger partial charge in [-0.05, 0) is 17.7 Å². The van der Waals surface area contributed by atoms with Crippen molar-refractivity contribution in [1.29, 1.82) is 0 Å². The minimum Gasteiger partial charge on any atom is -0.508 e. The Balaban J connectivity index is 2.37. The SMILES string of the molecule is COCc1cc(O)c2c(c1)OCC2. The molecule has 0 atom stereocenters. The standard InChI is InChI=1S/C10H12O3/c1-12-6-7-4-9(11)8-2-3-13-10(8)5-7/h4-5,11H,2-3,6H2,1H3. The topological polar surface area (TPSA) is 38.7 Å². The minimum atomic E-state index is 0.321. The van der Waals surface area contributed by atoms with Crippen LogP contribution in [0.25, 0.3) is 0 Å². The monoisotopic (exact) mass is 180 g/mol. The predicted molar refractivity (Wildman–Crippen MR) is 48.0 cm³/mol. The van der Waals surface area contributed by atoms with Gasteiger partial charge in [0, 0.05) is 19.1 Å². The van der Waals surface area contributed by atoms with E-state index in [1.165, 1.54) is 0 Å². The van der Waals surface area contributed by atoms with Gasteiger partial charge in [0.1, 0.15) is 11.5 Å². The molecule has 0 amide bonds. The molecule has 70 valence electrons. The van der Waals surface area contributed by atoms with Gasteiger partial charge in [-0.25, -0.2) is 0 Å². The van der Waals surface area contributed by atoms with E-state index in [9.17, 15) is 5.11 Å². The fraction of sp³-hybridized carbons (Fsp3) is 0.400. The number of benzene rings is 1. The Morgan fingerprint density at radius 2 is 2.38 bits per heavy atom. The minimum absolute atomic E-state index is 0.321. The zero-order valence-electron chi connectivity index (χ0n) is 7.54. The molecule has 1 N–H and O–H groups in total. The summed E-state index contributed by atoms with van der Waals surface area (Å²) < 4.78 is 10.3. The summed E-state index contributed by atoms with van der Waals surface area (Å²) in [4.78, 5) is 0. The van der Waals surface area contributed by atoms with Gasteiger partial charge < -0.3 is 14.6 Å². The Labute approximate surface area is 76.9 Å². The van der Waals surface area contributed by atoms with Gasteiger partial charge in [0.15, 0.2) is 0 Å². The van der Waals surface area contributed by atoms with Crippen molar-refractivity contribution in [2.75, 3.05) is 13.7 Å². The zero-order chi connectivity index (χ0) is 9.26. The summed E-state index contributed by atoms with van der Waals surface area (Å²) in [5.41, 5.74) is 1.86. The number of fused-ring (bicyclic) bond motifs is 1. The summed E-state index contributed by atoms with van der Waals surface area (Å²) >= 11 is 0. The highest BCUT2D eigenvalue weighted by Crippen LogP contribution is 2.34. The maximum atomic E-state index is 9.60. The van der Waals surface area contributed by atoms with Crippen molar-refractivity contribution >= 4 is 0 Å². The number of phenolic OH excluding ortho intramolecular Hbond substituents is 1. The van der Waals surface area contributed by atoms with Crippen LogP contribution < -0.4 is 4.74 Å². The molecule has 2 rings (SSSR count). The van der Waals surface area contributed by atoms with Crippen molar-refractivity contribution in [3.8, 4) is 11.5 Å². The Morgan fingerprint density at radius 1 is 1.54 bits per heavy atom. The van der Waals surface area contributed by atoms with E-state index in [4.69, 9.17) is 9.47 Å². The molecule has 1 aromatic rings. The van der Waals surface area contributed by atoms with Gasteiger partial charge in [-0.15, -0.1) is 0 Å². The average Bonchev–Trinajstić information content (AvgIpc) is 2.53. The lowest BCUT2D eigenvalue weighted by atomic mass is 10.1. The van der Waals surface area contributed by atoms with Gasteiger partial charge >= 0.3 is 0 Å². The number of phenols is 1. The van der Waals surface area contributed by atoms with Gasteiger partial charge in [0.25, 0.3) is 0 Å². The van der Waals surface area contributed by atoms with Gasteiger partial charge in [-0.2, -0.15) is 0 Å². The van der Waals surface area contributed by atoms with Gasteiger partial charge in [0.05, 0.1) is 13.2 Å². The third-order valence-corrected chi connectivity index (χ3v) is 2.17. The van der Waals surface area contributed by atoms with E-state index in [0.29, 0.717) is 19.0 Å². The van der Waals surface area contributed by atoms with Crippen LogP contribution >= 0.6 is 0 Å². The Bertz CT molecular complexity index is 320. The third-order valence-electron chi connectivity index (χ3n) is 2.17. The molecule has 0 fully saturated rings. The van der Waals surface area contributed by atoms with Crippen LogP contribution in [0, 0.1) is 0 Å². The van der Waals surface area contributed by atoms with Crippen LogP contribution in [0.5, 0.6) is 11.5 Å². The number of methoxy groups -OCH3 is 1. The summed E-state index contributed by atoms with van der Waals surface area (Å²) in [5, 5.41) is 9.60. The lowest BCUT2D eigenvalue weighted by Gasteiger charge is -2.05. The van der Waals surface area contributed by atoms with Crippen LogP contribution in [0.2, 0.25) is 0 Å². The summed E-state index contributed by atoms with van der Waals surface area (Å²) in [6.45, 7) is 1.17. The average molecular weight is 180 g/mol. The quantitative estimate of drug-likeness (QED) is 0.749. The fourth-order valence-corrected chi connectivity index (χ4v) is 1.58. The van der Waals surface area contributed by atoms with Crippen molar-refractivity contribution in [3.63, 3.8) is 0 Å². The van der Waals surface area contributed by atoms with E-state index in [-0.39, 0.29) is 0 Å². The Morgan fingerprint density at radius 3 is 3.15 bits per heavy atom. The number of ether oxygens (including phenoxy) is 2. The Kier molecular flexibility index (Phi) is 2.10. The van der Waals surface area contributed by atoms with Crippen molar-refractivity contribution in [1.82, 2.24) is 0 Å². The molecule has 0 unspecified atom stereocenters. The first-order chi connectivity index (χ1) is 6.31. The van der Waals surface area contributed by atoms with E-state index in [2.05, 4.69) is 0 Å². The zero-order valence-corrected chi connectivity index (χ0v) is 7.54. The highest BCUT2D eigenvalue weighted by Gasteiger charge is 2.16. The molecule has 0 bridgehead atoms. The van der Waals surface area contributed by atoms with Gasteiger partial charge in [-0.3, -0.25) is 0 Å². The highest BCUT2D eigenvalue weighted by atomic mass is 16.5. The van der Waals surface area contributed by atoms with E-state index in [1.807, 2.05) is 6.07 Å². The molecular weight excluding hydrogens is 168 g/mol. The maximum Gasteiger partial charge on any atom is 0.126 e. The molecule has 3 nitrogen and oxygen atoms in total. The Hall–Kier alpha value is -1.22. The number of rotatable bonds is 2. The molecule has 0 aliphatic carbocycles. The fourth-order valence-electron chi connectivity index (χ4n) is 1.58. The second kappa shape index (κ2) is 3.26. The molecule has 1 aliphatic heterocycles. The summed E-state index contributed by atoms with van der Waals surface area (Å²) in [6.07, 6.45) is 0.800. The largest absolute Gasteiger partial charge is 0.508 e. The molecule has 0 saturated carbocycles. The lowest BCUT2D eigenvalue weighted by molar-refractivity contribution is 0.184. The molecule has 0 radical (unpaired) electrons. The molecule has 0 aromatic heterocycles. The van der Waals surface area contributed by atoms with Gasteiger partial charge in [0.2, 0.25) is 0 Å². The normalized spacial score (nSPS) is 13.9. The van der Waals surface area contributed by atoms with Crippen LogP contribution in [0.15, 0.2) is 12.1 Å². The number of aromatic hydroxyl groups is 1. The number of hydrogen-bond acceptors (Lipinski definition) is 3. The van der Waals surface area contributed by atoms with E-state index < -0.39 is 0 Å². The van der Waals surface area contributed by atoms with Gasteiger partial charge in [-0.1, -0.05) is 0 Å². The second-order valence-corrected chi connectivity index (χ2v) is 3.12. The van der Waals surface area contributed by atoms with Crippen molar-refractivity contribution in [2.45, 2.75) is 13.0 Å². The first-order valence-corrected chi connectivity index (χ1v) is 4.28. The molecule has 0 saturated heterocycles. The summed E-state index contributed by atoms with van der Waals surface area (Å²) in [5.74, 6) is 1.12. The predicted octanol–water partition coefficient (Wildman–Crippen LogP) is 1.47. The van der Waals surface area contributed by atoms with Crippen LogP contribution in [-0.2, 0) is 17.8 Å². The third kappa shape index (κ3) is 1.47. The van der Waals surface area contributed by atoms with E-state index in [1.54, 1.807) is 13.2 Å². The molecule has 13 heavy (non-hydrogen) atoms. The number of hydrogen-bond donors (Lipinski definition) is 1. The van der Waals surface area contributed by atoms with Crippen LogP contribution in [0.4, 0.5) is 0 Å².